The van der Waals surface area contributed by atoms with Gasteiger partial charge < -0.3 is 20.9 Å². The van der Waals surface area contributed by atoms with Crippen LogP contribution in [0.25, 0.3) is 0 Å². The fourth-order valence-corrected chi connectivity index (χ4v) is 1.89. The van der Waals surface area contributed by atoms with E-state index in [0.29, 0.717) is 19.4 Å². The minimum Gasteiger partial charge on any atom is -0.388 e. The monoisotopic (exact) mass is 244 g/mol. The summed E-state index contributed by atoms with van der Waals surface area (Å²) >= 11 is 0. The Bertz CT molecular complexity index is 262. The highest BCUT2D eigenvalue weighted by Gasteiger charge is 2.35. The fourth-order valence-electron chi connectivity index (χ4n) is 1.89. The van der Waals surface area contributed by atoms with Gasteiger partial charge in [0.1, 0.15) is 0 Å². The molecule has 1 aliphatic carbocycles. The van der Waals surface area contributed by atoms with Gasteiger partial charge in [0, 0.05) is 38.6 Å². The molecule has 17 heavy (non-hydrogen) atoms. The van der Waals surface area contributed by atoms with E-state index in [-0.39, 0.29) is 18.0 Å². The van der Waals surface area contributed by atoms with Gasteiger partial charge in [0.25, 0.3) is 0 Å². The van der Waals surface area contributed by atoms with E-state index in [1.54, 1.807) is 14.0 Å². The van der Waals surface area contributed by atoms with Gasteiger partial charge in [-0.15, -0.1) is 0 Å². The molecule has 5 heteroatoms. The molecule has 1 atom stereocenters. The number of carbonyl (C=O) groups excluding carboxylic acids is 1. The van der Waals surface area contributed by atoms with Gasteiger partial charge >= 0.3 is 0 Å². The molecule has 0 aliphatic heterocycles. The Hall–Kier alpha value is -0.650. The topological polar surface area (TPSA) is 84.6 Å². The summed E-state index contributed by atoms with van der Waals surface area (Å²) in [6.07, 6.45) is 3.79. The maximum atomic E-state index is 11.6. The van der Waals surface area contributed by atoms with Crippen LogP contribution >= 0.6 is 0 Å². The van der Waals surface area contributed by atoms with Crippen LogP contribution in [-0.4, -0.2) is 42.4 Å². The molecule has 1 unspecified atom stereocenters. The molecule has 0 saturated heterocycles. The number of hydrogen-bond donors (Lipinski definition) is 3. The van der Waals surface area contributed by atoms with Crippen LogP contribution in [0.1, 0.15) is 39.0 Å². The average Bonchev–Trinajstić information content (AvgIpc) is 2.22. The highest BCUT2D eigenvalue weighted by Crippen LogP contribution is 2.31. The second-order valence-electron chi connectivity index (χ2n) is 5.41. The minimum atomic E-state index is -0.924. The zero-order valence-electron chi connectivity index (χ0n) is 10.8. The lowest BCUT2D eigenvalue weighted by Crippen LogP contribution is -2.51. The number of aliphatic hydroxyl groups is 1. The minimum absolute atomic E-state index is 0.0788. The first-order chi connectivity index (χ1) is 7.87. The maximum Gasteiger partial charge on any atom is 0.221 e. The van der Waals surface area contributed by atoms with Gasteiger partial charge in [0.05, 0.1) is 5.60 Å². The Balaban J connectivity index is 2.22. The third-order valence-electron chi connectivity index (χ3n) is 3.37. The van der Waals surface area contributed by atoms with E-state index in [1.165, 1.54) is 0 Å². The lowest BCUT2D eigenvalue weighted by atomic mass is 9.75. The molecule has 5 nitrogen and oxygen atoms in total. The highest BCUT2D eigenvalue weighted by molar-refractivity contribution is 5.77. The second-order valence-corrected chi connectivity index (χ2v) is 5.41. The molecule has 0 bridgehead atoms. The predicted molar refractivity (Wildman–Crippen MR) is 65.5 cm³/mol. The summed E-state index contributed by atoms with van der Waals surface area (Å²) in [5.41, 5.74) is 4.75. The zero-order valence-corrected chi connectivity index (χ0v) is 10.8. The lowest BCUT2D eigenvalue weighted by Gasteiger charge is -2.37. The van der Waals surface area contributed by atoms with Gasteiger partial charge in [-0.05, 0) is 26.2 Å². The molecule has 1 aliphatic rings. The normalized spacial score (nSPS) is 21.4. The number of methoxy groups -OCH3 is 1. The van der Waals surface area contributed by atoms with Crippen LogP contribution in [0, 0.1) is 0 Å². The summed E-state index contributed by atoms with van der Waals surface area (Å²) in [5, 5.41) is 12.7. The van der Waals surface area contributed by atoms with E-state index in [2.05, 4.69) is 5.32 Å². The van der Waals surface area contributed by atoms with Crippen LogP contribution in [0.2, 0.25) is 0 Å². The Morgan fingerprint density at radius 3 is 2.71 bits per heavy atom. The number of nitrogens with two attached hydrogens (primary N) is 1. The summed E-state index contributed by atoms with van der Waals surface area (Å²) in [6, 6.07) is 0. The first-order valence-corrected chi connectivity index (χ1v) is 6.14. The molecular formula is C12H24N2O3. The van der Waals surface area contributed by atoms with Crippen molar-refractivity contribution in [2.45, 2.75) is 50.2 Å². The van der Waals surface area contributed by atoms with Crippen molar-refractivity contribution in [3.63, 3.8) is 0 Å². The number of ether oxygens (including phenoxy) is 1. The van der Waals surface area contributed by atoms with Crippen molar-refractivity contribution in [1.82, 2.24) is 5.32 Å². The molecule has 0 aromatic rings. The van der Waals surface area contributed by atoms with Crippen LogP contribution in [0.5, 0.6) is 0 Å². The molecule has 1 fully saturated rings. The number of amides is 1. The summed E-state index contributed by atoms with van der Waals surface area (Å²) in [6.45, 7) is 2.41. The van der Waals surface area contributed by atoms with E-state index in [9.17, 15) is 9.90 Å². The SMILES string of the molecule is COCCC(C)(O)CNC(=O)CC1(N)CCC1. The molecule has 0 radical (unpaired) electrons. The van der Waals surface area contributed by atoms with Gasteiger partial charge in [-0.2, -0.15) is 0 Å². The van der Waals surface area contributed by atoms with Crippen molar-refractivity contribution >= 4 is 5.91 Å². The van der Waals surface area contributed by atoms with Gasteiger partial charge in [0.15, 0.2) is 0 Å². The van der Waals surface area contributed by atoms with Crippen molar-refractivity contribution in [2.24, 2.45) is 5.73 Å². The number of hydrogen-bond acceptors (Lipinski definition) is 4. The molecule has 0 aromatic heterocycles. The van der Waals surface area contributed by atoms with E-state index >= 15 is 0 Å². The highest BCUT2D eigenvalue weighted by atomic mass is 16.5. The van der Waals surface area contributed by atoms with E-state index in [4.69, 9.17) is 10.5 Å². The molecule has 1 rings (SSSR count). The number of nitrogens with one attached hydrogen (secondary N) is 1. The molecule has 0 heterocycles. The van der Waals surface area contributed by atoms with Crippen LogP contribution in [0.3, 0.4) is 0 Å². The second kappa shape index (κ2) is 5.80. The Morgan fingerprint density at radius 2 is 2.24 bits per heavy atom. The summed E-state index contributed by atoms with van der Waals surface area (Å²) < 4.78 is 4.90. The van der Waals surface area contributed by atoms with Crippen molar-refractivity contribution in [3.05, 3.63) is 0 Å². The van der Waals surface area contributed by atoms with Crippen molar-refractivity contribution in [2.75, 3.05) is 20.3 Å². The summed E-state index contributed by atoms with van der Waals surface area (Å²) in [7, 11) is 1.59. The third kappa shape index (κ3) is 5.02. The Morgan fingerprint density at radius 1 is 1.59 bits per heavy atom. The van der Waals surface area contributed by atoms with Crippen LogP contribution in [0.4, 0.5) is 0 Å². The quantitative estimate of drug-likeness (QED) is 0.595. The van der Waals surface area contributed by atoms with Crippen LogP contribution < -0.4 is 11.1 Å². The van der Waals surface area contributed by atoms with Gasteiger partial charge in [-0.3, -0.25) is 4.79 Å². The van der Waals surface area contributed by atoms with Crippen LogP contribution in [0.15, 0.2) is 0 Å². The van der Waals surface area contributed by atoms with Crippen molar-refractivity contribution < 1.29 is 14.6 Å². The first kappa shape index (κ1) is 14.4. The third-order valence-corrected chi connectivity index (χ3v) is 3.37. The van der Waals surface area contributed by atoms with Gasteiger partial charge in [0.2, 0.25) is 5.91 Å². The smallest absolute Gasteiger partial charge is 0.221 e. The molecule has 100 valence electrons. The zero-order chi connectivity index (χ0) is 12.9. The molecule has 1 saturated carbocycles. The van der Waals surface area contributed by atoms with Gasteiger partial charge in [-0.1, -0.05) is 0 Å². The average molecular weight is 244 g/mol. The van der Waals surface area contributed by atoms with Crippen LogP contribution in [-0.2, 0) is 9.53 Å². The standard InChI is InChI=1S/C12H24N2O3/c1-11(16,6-7-17-2)9-14-10(15)8-12(13)4-3-5-12/h16H,3-9,13H2,1-2H3,(H,14,15). The largest absolute Gasteiger partial charge is 0.388 e. The maximum absolute atomic E-state index is 11.6. The van der Waals surface area contributed by atoms with E-state index in [1.807, 2.05) is 0 Å². The Labute approximate surface area is 103 Å². The molecule has 1 amide bonds. The number of carbonyl (C=O) groups is 1. The van der Waals surface area contributed by atoms with E-state index < -0.39 is 5.60 Å². The molecule has 4 N–H and O–H groups in total. The first-order valence-electron chi connectivity index (χ1n) is 6.14. The lowest BCUT2D eigenvalue weighted by molar-refractivity contribution is -0.124. The molecular weight excluding hydrogens is 220 g/mol. The fraction of sp³-hybridized carbons (Fsp3) is 0.917. The van der Waals surface area contributed by atoms with Crippen molar-refractivity contribution in [1.29, 1.82) is 0 Å². The summed E-state index contributed by atoms with van der Waals surface area (Å²) in [4.78, 5) is 11.6. The predicted octanol–water partition coefficient (Wildman–Crippen LogP) is 0.162. The molecule has 0 aromatic carbocycles. The van der Waals surface area contributed by atoms with Crippen molar-refractivity contribution in [3.8, 4) is 0 Å². The molecule has 0 spiro atoms. The Kier molecular flexibility index (Phi) is 4.91. The summed E-state index contributed by atoms with van der Waals surface area (Å²) in [5.74, 6) is -0.0788. The van der Waals surface area contributed by atoms with Gasteiger partial charge in [-0.25, -0.2) is 0 Å². The van der Waals surface area contributed by atoms with E-state index in [0.717, 1.165) is 19.3 Å². The number of rotatable bonds is 7.